The van der Waals surface area contributed by atoms with E-state index in [1.165, 1.54) is 8.99 Å². The summed E-state index contributed by atoms with van der Waals surface area (Å²) < 4.78 is 0. The zero-order valence-corrected chi connectivity index (χ0v) is 11.9. The number of carbonyl (C=O) groups is 1. The molecule has 0 rings (SSSR count). The van der Waals surface area contributed by atoms with Gasteiger partial charge in [-0.05, 0) is 0 Å². The Labute approximate surface area is 85.0 Å². The van der Waals surface area contributed by atoms with E-state index in [2.05, 4.69) is 0 Å². The molecule has 0 bridgehead atoms. The molecule has 2 nitrogen and oxygen atoms in total. The summed E-state index contributed by atoms with van der Waals surface area (Å²) >= 11 is -2.30. The normalized spacial score (nSPS) is 12.8. The second-order valence-corrected chi connectivity index (χ2v) is 22.9. The topological polar surface area (TPSA) is 20.3 Å². The van der Waals surface area contributed by atoms with E-state index in [4.69, 9.17) is 8.96 Å². The molecule has 0 unspecified atom stereocenters. The van der Waals surface area contributed by atoms with E-state index in [0.717, 1.165) is 13.1 Å². The maximum atomic E-state index is 11.5. The van der Waals surface area contributed by atoms with Crippen LogP contribution in [0, 0.1) is 0 Å². The molecule has 0 aliphatic heterocycles. The van der Waals surface area contributed by atoms with Gasteiger partial charge in [-0.1, -0.05) is 0 Å². The molecule has 0 aromatic rings. The Balaban J connectivity index is 4.02. The summed E-state index contributed by atoms with van der Waals surface area (Å²) in [4.78, 5) is 17.3. The molecule has 0 N–H and O–H groups in total. The van der Waals surface area contributed by atoms with Gasteiger partial charge in [0.2, 0.25) is 0 Å². The van der Waals surface area contributed by atoms with Crippen LogP contribution >= 0.6 is 18.0 Å². The summed E-state index contributed by atoms with van der Waals surface area (Å²) in [6.07, 6.45) is 0. The Morgan fingerprint density at radius 3 is 2.08 bits per heavy atom. The fourth-order valence-corrected chi connectivity index (χ4v) is 6.30. The predicted octanol–water partition coefficient (Wildman–Crippen LogP) is 3.12. The third-order valence-electron chi connectivity index (χ3n) is 1.29. The van der Waals surface area contributed by atoms with E-state index in [1.807, 2.05) is 23.8 Å². The molecule has 5 heteroatoms. The molecule has 12 heavy (non-hydrogen) atoms. The van der Waals surface area contributed by atoms with E-state index in [9.17, 15) is 4.79 Å². The predicted molar refractivity (Wildman–Crippen MR) is 59.2 cm³/mol. The molecule has 0 aromatic carbocycles. The van der Waals surface area contributed by atoms with Gasteiger partial charge in [-0.15, -0.1) is 0 Å². The van der Waals surface area contributed by atoms with Crippen LogP contribution in [-0.2, 0) is 0 Å². The van der Waals surface area contributed by atoms with Crippen molar-refractivity contribution in [2.24, 2.45) is 0 Å². The summed E-state index contributed by atoms with van der Waals surface area (Å²) in [5.74, 6) is 0. The van der Waals surface area contributed by atoms with Crippen molar-refractivity contribution in [3.05, 3.63) is 0 Å². The first-order valence-corrected chi connectivity index (χ1v) is 15.0. The van der Waals surface area contributed by atoms with E-state index < -0.39 is 15.7 Å². The Morgan fingerprint density at radius 2 is 1.83 bits per heavy atom. The Kier molecular flexibility index (Phi) is 6.01. The second kappa shape index (κ2) is 5.59. The maximum absolute atomic E-state index is 11.5. The fourth-order valence-electron chi connectivity index (χ4n) is 0.704. The second-order valence-electron chi connectivity index (χ2n) is 2.63. The van der Waals surface area contributed by atoms with Crippen LogP contribution in [0.5, 0.6) is 0 Å². The van der Waals surface area contributed by atoms with Crippen LogP contribution in [0.1, 0.15) is 13.8 Å². The van der Waals surface area contributed by atoms with Crippen molar-refractivity contribution in [1.82, 2.24) is 4.90 Å². The van der Waals surface area contributed by atoms with Crippen molar-refractivity contribution in [2.75, 3.05) is 13.1 Å². The van der Waals surface area contributed by atoms with Gasteiger partial charge in [-0.25, -0.2) is 0 Å². The standard InChI is InChI=1S/C7H16ClNOSTe/c1-5-9(6-2)7(10)11-12(3,4)8/h5-6H2,1-4H3. The van der Waals surface area contributed by atoms with Gasteiger partial charge in [-0.3, -0.25) is 0 Å². The summed E-state index contributed by atoms with van der Waals surface area (Å²) in [6, 6.07) is 0. The third-order valence-corrected chi connectivity index (χ3v) is 7.97. The van der Waals surface area contributed by atoms with Crippen molar-refractivity contribution >= 4 is 38.9 Å². The van der Waals surface area contributed by atoms with Gasteiger partial charge < -0.3 is 0 Å². The van der Waals surface area contributed by atoms with Crippen molar-refractivity contribution in [2.45, 2.75) is 23.8 Å². The van der Waals surface area contributed by atoms with Crippen molar-refractivity contribution in [3.8, 4) is 0 Å². The Bertz CT molecular complexity index is 156. The van der Waals surface area contributed by atoms with E-state index in [0.29, 0.717) is 0 Å². The van der Waals surface area contributed by atoms with Gasteiger partial charge in [0.1, 0.15) is 0 Å². The van der Waals surface area contributed by atoms with E-state index in [-0.39, 0.29) is 5.24 Å². The van der Waals surface area contributed by atoms with Gasteiger partial charge in [0.05, 0.1) is 0 Å². The van der Waals surface area contributed by atoms with Crippen molar-refractivity contribution in [3.63, 3.8) is 0 Å². The number of hydrogen-bond acceptors (Lipinski definition) is 2. The van der Waals surface area contributed by atoms with Crippen molar-refractivity contribution in [1.29, 1.82) is 0 Å². The van der Waals surface area contributed by atoms with Crippen LogP contribution in [-0.4, -0.2) is 38.9 Å². The molecule has 0 saturated heterocycles. The number of carbonyl (C=O) groups excluding carboxylic acids is 1. The molecule has 0 aromatic heterocycles. The Hall–Kier alpha value is 0.900. The molecule has 0 atom stereocenters. The van der Waals surface area contributed by atoms with Crippen LogP contribution in [0.25, 0.3) is 0 Å². The molecule has 0 heterocycles. The summed E-state index contributed by atoms with van der Waals surface area (Å²) in [5.41, 5.74) is 0. The minimum atomic E-state index is -2.30. The van der Waals surface area contributed by atoms with Gasteiger partial charge in [0.15, 0.2) is 0 Å². The number of halogens is 1. The Morgan fingerprint density at radius 1 is 1.42 bits per heavy atom. The zero-order valence-electron chi connectivity index (χ0n) is 7.96. The minimum absolute atomic E-state index is 0.140. The molecular formula is C7H16ClNOSTe. The van der Waals surface area contributed by atoms with Crippen LogP contribution in [0.3, 0.4) is 0 Å². The van der Waals surface area contributed by atoms with Crippen molar-refractivity contribution < 1.29 is 4.79 Å². The quantitative estimate of drug-likeness (QED) is 0.743. The van der Waals surface area contributed by atoms with E-state index >= 15 is 0 Å². The number of hydrogen-bond donors (Lipinski definition) is 0. The molecule has 1 amide bonds. The fraction of sp³-hybridized carbons (Fsp3) is 0.857. The molecule has 0 fully saturated rings. The summed E-state index contributed by atoms with van der Waals surface area (Å²) in [6.45, 7) is 5.52. The van der Waals surface area contributed by atoms with E-state index in [1.54, 1.807) is 4.90 Å². The van der Waals surface area contributed by atoms with Gasteiger partial charge in [-0.2, -0.15) is 0 Å². The zero-order chi connectivity index (χ0) is 9.78. The molecule has 0 saturated carbocycles. The SMILES string of the molecule is CCN(CC)C(=O)S[Te](C)(C)Cl. The summed E-state index contributed by atoms with van der Waals surface area (Å²) in [5, 5.41) is 0.140. The average Bonchev–Trinajstić information content (AvgIpc) is 1.85. The first-order valence-electron chi connectivity index (χ1n) is 3.82. The van der Waals surface area contributed by atoms with Crippen LogP contribution in [0.4, 0.5) is 4.79 Å². The average molecular weight is 325 g/mol. The molecular weight excluding hydrogens is 309 g/mol. The number of nitrogens with zero attached hydrogens (tertiary/aromatic N) is 1. The molecule has 0 radical (unpaired) electrons. The number of amides is 1. The molecule has 0 spiro atoms. The molecule has 0 aliphatic carbocycles. The first-order chi connectivity index (χ1) is 5.40. The number of rotatable bonds is 3. The van der Waals surface area contributed by atoms with Crippen LogP contribution in [0.15, 0.2) is 0 Å². The van der Waals surface area contributed by atoms with Gasteiger partial charge in [0, 0.05) is 0 Å². The third kappa shape index (κ3) is 5.53. The van der Waals surface area contributed by atoms with Gasteiger partial charge in [0.25, 0.3) is 0 Å². The van der Waals surface area contributed by atoms with Crippen LogP contribution in [0.2, 0.25) is 9.94 Å². The first kappa shape index (κ1) is 12.9. The summed E-state index contributed by atoms with van der Waals surface area (Å²) in [7, 11) is 7.45. The van der Waals surface area contributed by atoms with Crippen LogP contribution < -0.4 is 0 Å². The monoisotopic (exact) mass is 327 g/mol. The van der Waals surface area contributed by atoms with Gasteiger partial charge >= 0.3 is 85.5 Å². The molecule has 74 valence electrons. The molecule has 0 aliphatic rings.